The summed E-state index contributed by atoms with van der Waals surface area (Å²) in [7, 11) is 0. The van der Waals surface area contributed by atoms with Gasteiger partial charge in [-0.3, -0.25) is 4.90 Å². The lowest BCUT2D eigenvalue weighted by molar-refractivity contribution is -0.00881. The molecular formula is C30H49N5O6. The fraction of sp³-hybridized carbons (Fsp3) is 0.700. The molecule has 11 nitrogen and oxygen atoms in total. The number of carbonyl (C=O) groups excluding carboxylic acids is 1. The first-order chi connectivity index (χ1) is 19.6. The Morgan fingerprint density at radius 3 is 1.98 bits per heavy atom. The summed E-state index contributed by atoms with van der Waals surface area (Å²) in [4.78, 5) is 16.2. The molecule has 0 N–H and O–H groups in total. The summed E-state index contributed by atoms with van der Waals surface area (Å²) < 4.78 is 29.8. The summed E-state index contributed by atoms with van der Waals surface area (Å²) in [6.07, 6.45) is 1.69. The number of benzene rings is 1. The number of ether oxygens (including phenoxy) is 5. The standard InChI is InChI=1S/C30H49N5O6/c1-24-19-27(20-25(2)26(24)3)21-35-22-28(31-32-35)23-40-18-17-39-16-15-38-14-13-37-12-11-33-7-9-34(10-8-33)29(36)41-30(4,5)6/h19-20,22H,7-18,21,23H2,1-6H3. The number of rotatable bonds is 16. The fourth-order valence-electron chi connectivity index (χ4n) is 4.40. The number of carbonyl (C=O) groups is 1. The molecule has 230 valence electrons. The van der Waals surface area contributed by atoms with Crippen LogP contribution in [0.5, 0.6) is 0 Å². The van der Waals surface area contributed by atoms with Crippen molar-refractivity contribution < 1.29 is 28.5 Å². The van der Waals surface area contributed by atoms with E-state index in [1.54, 1.807) is 4.90 Å². The molecule has 0 spiro atoms. The Balaban J connectivity index is 1.11. The van der Waals surface area contributed by atoms with Gasteiger partial charge in [0.15, 0.2) is 0 Å². The van der Waals surface area contributed by atoms with Gasteiger partial charge in [-0.1, -0.05) is 17.3 Å². The van der Waals surface area contributed by atoms with Gasteiger partial charge in [-0.25, -0.2) is 9.48 Å². The Morgan fingerprint density at radius 2 is 1.39 bits per heavy atom. The van der Waals surface area contributed by atoms with Gasteiger partial charge in [-0.15, -0.1) is 5.10 Å². The van der Waals surface area contributed by atoms with Gasteiger partial charge in [0.25, 0.3) is 0 Å². The second kappa shape index (κ2) is 16.8. The lowest BCUT2D eigenvalue weighted by atomic mass is 10.0. The quantitative estimate of drug-likeness (QED) is 0.279. The van der Waals surface area contributed by atoms with Crippen molar-refractivity contribution in [2.75, 3.05) is 79.0 Å². The van der Waals surface area contributed by atoms with Crippen LogP contribution in [0, 0.1) is 20.8 Å². The smallest absolute Gasteiger partial charge is 0.410 e. The third-order valence-electron chi connectivity index (χ3n) is 6.86. The van der Waals surface area contributed by atoms with Crippen molar-refractivity contribution in [1.29, 1.82) is 0 Å². The Hall–Kier alpha value is -2.57. The van der Waals surface area contributed by atoms with E-state index in [-0.39, 0.29) is 6.09 Å². The van der Waals surface area contributed by atoms with Crippen molar-refractivity contribution in [3.63, 3.8) is 0 Å². The monoisotopic (exact) mass is 575 g/mol. The van der Waals surface area contributed by atoms with Crippen molar-refractivity contribution in [2.45, 2.75) is 60.3 Å². The largest absolute Gasteiger partial charge is 0.444 e. The Kier molecular flexibility index (Phi) is 13.5. The molecule has 2 aromatic rings. The molecule has 0 radical (unpaired) electrons. The number of hydrogen-bond acceptors (Lipinski definition) is 9. The first kappa shape index (κ1) is 32.9. The second-order valence-corrected chi connectivity index (χ2v) is 11.5. The number of aromatic nitrogens is 3. The number of piperazine rings is 1. The van der Waals surface area contributed by atoms with Crippen LogP contribution in [-0.4, -0.2) is 115 Å². The predicted molar refractivity (Wildman–Crippen MR) is 156 cm³/mol. The first-order valence-corrected chi connectivity index (χ1v) is 14.6. The van der Waals surface area contributed by atoms with Crippen molar-refractivity contribution in [3.05, 3.63) is 46.3 Å². The molecule has 3 rings (SSSR count). The van der Waals surface area contributed by atoms with Gasteiger partial charge in [0.05, 0.1) is 65.6 Å². The second-order valence-electron chi connectivity index (χ2n) is 11.5. The van der Waals surface area contributed by atoms with E-state index < -0.39 is 5.60 Å². The molecular weight excluding hydrogens is 526 g/mol. The number of aryl methyl sites for hydroxylation is 2. The highest BCUT2D eigenvalue weighted by molar-refractivity contribution is 5.68. The molecule has 0 atom stereocenters. The van der Waals surface area contributed by atoms with Crippen LogP contribution in [0.25, 0.3) is 0 Å². The van der Waals surface area contributed by atoms with Crippen molar-refractivity contribution in [3.8, 4) is 0 Å². The summed E-state index contributed by atoms with van der Waals surface area (Å²) in [5, 5.41) is 8.42. The molecule has 0 saturated carbocycles. The maximum absolute atomic E-state index is 12.1. The average molecular weight is 576 g/mol. The zero-order valence-electron chi connectivity index (χ0n) is 25.8. The fourth-order valence-corrected chi connectivity index (χ4v) is 4.40. The van der Waals surface area contributed by atoms with E-state index in [0.717, 1.165) is 25.3 Å². The third-order valence-corrected chi connectivity index (χ3v) is 6.86. The van der Waals surface area contributed by atoms with E-state index in [1.807, 2.05) is 31.6 Å². The van der Waals surface area contributed by atoms with Crippen LogP contribution in [-0.2, 0) is 36.8 Å². The van der Waals surface area contributed by atoms with E-state index in [2.05, 4.69) is 48.1 Å². The number of amides is 1. The Bertz CT molecular complexity index is 1040. The molecule has 2 heterocycles. The van der Waals surface area contributed by atoms with Gasteiger partial charge in [0.2, 0.25) is 0 Å². The zero-order valence-corrected chi connectivity index (χ0v) is 25.8. The molecule has 1 aliphatic rings. The molecule has 0 bridgehead atoms. The maximum atomic E-state index is 12.1. The average Bonchev–Trinajstić information content (AvgIpc) is 3.36. The van der Waals surface area contributed by atoms with E-state index in [4.69, 9.17) is 23.7 Å². The zero-order chi connectivity index (χ0) is 29.7. The summed E-state index contributed by atoms with van der Waals surface area (Å²) in [5.41, 5.74) is 5.48. The van der Waals surface area contributed by atoms with Gasteiger partial charge >= 0.3 is 6.09 Å². The van der Waals surface area contributed by atoms with Gasteiger partial charge in [-0.05, 0) is 63.8 Å². The summed E-state index contributed by atoms with van der Waals surface area (Å²) in [5.74, 6) is 0. The van der Waals surface area contributed by atoms with Gasteiger partial charge in [-0.2, -0.15) is 0 Å². The van der Waals surface area contributed by atoms with Crippen LogP contribution < -0.4 is 0 Å². The summed E-state index contributed by atoms with van der Waals surface area (Å²) in [6.45, 7) is 20.8. The topological polar surface area (TPSA) is 100 Å². The van der Waals surface area contributed by atoms with Crippen LogP contribution >= 0.6 is 0 Å². The Labute approximate surface area is 245 Å². The van der Waals surface area contributed by atoms with Crippen LogP contribution in [0.3, 0.4) is 0 Å². The first-order valence-electron chi connectivity index (χ1n) is 14.6. The minimum Gasteiger partial charge on any atom is -0.444 e. The van der Waals surface area contributed by atoms with E-state index >= 15 is 0 Å². The van der Waals surface area contributed by atoms with Crippen molar-refractivity contribution >= 4 is 6.09 Å². The third kappa shape index (κ3) is 12.5. The SMILES string of the molecule is Cc1cc(Cn2cc(COCCOCCOCCOCCN3CCN(C(=O)OC(C)(C)C)CC3)nn2)cc(C)c1C. The van der Waals surface area contributed by atoms with E-state index in [9.17, 15) is 4.79 Å². The molecule has 1 saturated heterocycles. The summed E-state index contributed by atoms with van der Waals surface area (Å²) in [6, 6.07) is 4.41. The van der Waals surface area contributed by atoms with Crippen molar-refractivity contribution in [2.24, 2.45) is 0 Å². The molecule has 1 aromatic heterocycles. The molecule has 1 fully saturated rings. The lowest BCUT2D eigenvalue weighted by Crippen LogP contribution is -2.50. The summed E-state index contributed by atoms with van der Waals surface area (Å²) >= 11 is 0. The molecule has 11 heteroatoms. The highest BCUT2D eigenvalue weighted by Crippen LogP contribution is 2.16. The van der Waals surface area contributed by atoms with Crippen molar-refractivity contribution in [1.82, 2.24) is 24.8 Å². The number of nitrogens with zero attached hydrogens (tertiary/aromatic N) is 5. The molecule has 41 heavy (non-hydrogen) atoms. The van der Waals surface area contributed by atoms with Gasteiger partial charge < -0.3 is 28.6 Å². The van der Waals surface area contributed by atoms with Crippen LogP contribution in [0.2, 0.25) is 0 Å². The molecule has 1 aromatic carbocycles. The van der Waals surface area contributed by atoms with E-state index in [0.29, 0.717) is 72.5 Å². The lowest BCUT2D eigenvalue weighted by Gasteiger charge is -2.35. The van der Waals surface area contributed by atoms with Gasteiger partial charge in [0.1, 0.15) is 11.3 Å². The molecule has 1 aliphatic heterocycles. The van der Waals surface area contributed by atoms with Crippen LogP contribution in [0.15, 0.2) is 18.3 Å². The molecule has 0 unspecified atom stereocenters. The minimum atomic E-state index is -0.462. The van der Waals surface area contributed by atoms with Crippen LogP contribution in [0.4, 0.5) is 4.79 Å². The minimum absolute atomic E-state index is 0.234. The van der Waals surface area contributed by atoms with Gasteiger partial charge in [0, 0.05) is 32.7 Å². The predicted octanol–water partition coefficient (Wildman–Crippen LogP) is 3.37. The Morgan fingerprint density at radius 1 is 0.829 bits per heavy atom. The molecule has 1 amide bonds. The number of hydrogen-bond donors (Lipinski definition) is 0. The maximum Gasteiger partial charge on any atom is 0.410 e. The highest BCUT2D eigenvalue weighted by Gasteiger charge is 2.25. The highest BCUT2D eigenvalue weighted by atomic mass is 16.6. The molecule has 0 aliphatic carbocycles. The normalized spacial score (nSPS) is 14.5. The van der Waals surface area contributed by atoms with Crippen LogP contribution in [0.1, 0.15) is 48.7 Å². The van der Waals surface area contributed by atoms with E-state index in [1.165, 1.54) is 22.3 Å².